The van der Waals surface area contributed by atoms with Gasteiger partial charge in [-0.3, -0.25) is 0 Å². The number of rotatable bonds is 9. The molecule has 96 valence electrons. The van der Waals surface area contributed by atoms with Crippen molar-refractivity contribution in [3.8, 4) is 0 Å². The van der Waals surface area contributed by atoms with Gasteiger partial charge in [0.1, 0.15) is 0 Å². The first kappa shape index (κ1) is 13.9. The van der Waals surface area contributed by atoms with Crippen LogP contribution in [0.25, 0.3) is 0 Å². The van der Waals surface area contributed by atoms with Crippen LogP contribution in [-0.4, -0.2) is 50.8 Å². The number of hydrogen-bond acceptors (Lipinski definition) is 3. The second kappa shape index (κ2) is 8.97. The second-order valence-electron chi connectivity index (χ2n) is 5.11. The van der Waals surface area contributed by atoms with Gasteiger partial charge < -0.3 is 15.0 Å². The number of hydrogen-bond donors (Lipinski definition) is 1. The SMILES string of the molecule is CC(C)CNCCCOCCN1CCCC1. The fourth-order valence-electron chi connectivity index (χ4n) is 1.99. The molecule has 0 bridgehead atoms. The molecule has 3 nitrogen and oxygen atoms in total. The zero-order valence-electron chi connectivity index (χ0n) is 11.0. The van der Waals surface area contributed by atoms with E-state index in [9.17, 15) is 0 Å². The third kappa shape index (κ3) is 7.20. The van der Waals surface area contributed by atoms with Crippen molar-refractivity contribution in [2.75, 3.05) is 45.9 Å². The molecular weight excluding hydrogens is 200 g/mol. The van der Waals surface area contributed by atoms with Crippen LogP contribution in [0, 0.1) is 5.92 Å². The van der Waals surface area contributed by atoms with E-state index in [1.165, 1.54) is 25.9 Å². The summed E-state index contributed by atoms with van der Waals surface area (Å²) in [6.07, 6.45) is 3.88. The van der Waals surface area contributed by atoms with E-state index >= 15 is 0 Å². The van der Waals surface area contributed by atoms with Gasteiger partial charge in [0.2, 0.25) is 0 Å². The molecule has 0 unspecified atom stereocenters. The summed E-state index contributed by atoms with van der Waals surface area (Å²) < 4.78 is 5.62. The highest BCUT2D eigenvalue weighted by molar-refractivity contribution is 4.65. The van der Waals surface area contributed by atoms with Crippen molar-refractivity contribution in [3.63, 3.8) is 0 Å². The van der Waals surface area contributed by atoms with Gasteiger partial charge in [-0.2, -0.15) is 0 Å². The van der Waals surface area contributed by atoms with Gasteiger partial charge in [0.25, 0.3) is 0 Å². The van der Waals surface area contributed by atoms with E-state index in [2.05, 4.69) is 24.1 Å². The molecule has 1 aliphatic rings. The first-order valence-electron chi connectivity index (χ1n) is 6.80. The smallest absolute Gasteiger partial charge is 0.0593 e. The summed E-state index contributed by atoms with van der Waals surface area (Å²) in [4.78, 5) is 2.50. The summed E-state index contributed by atoms with van der Waals surface area (Å²) in [5.41, 5.74) is 0. The van der Waals surface area contributed by atoms with Gasteiger partial charge in [0, 0.05) is 13.2 Å². The van der Waals surface area contributed by atoms with Crippen LogP contribution in [-0.2, 0) is 4.74 Å². The lowest BCUT2D eigenvalue weighted by Crippen LogP contribution is -2.25. The second-order valence-corrected chi connectivity index (χ2v) is 5.11. The summed E-state index contributed by atoms with van der Waals surface area (Å²) in [5, 5.41) is 3.43. The molecule has 1 heterocycles. The Morgan fingerprint density at radius 3 is 2.62 bits per heavy atom. The Bertz CT molecular complexity index is 156. The Morgan fingerprint density at radius 2 is 1.94 bits per heavy atom. The van der Waals surface area contributed by atoms with Crippen molar-refractivity contribution in [1.29, 1.82) is 0 Å². The molecule has 1 fully saturated rings. The Morgan fingerprint density at radius 1 is 1.19 bits per heavy atom. The summed E-state index contributed by atoms with van der Waals surface area (Å²) in [6, 6.07) is 0. The quantitative estimate of drug-likeness (QED) is 0.608. The summed E-state index contributed by atoms with van der Waals surface area (Å²) in [5.74, 6) is 0.746. The van der Waals surface area contributed by atoms with Crippen molar-refractivity contribution < 1.29 is 4.74 Å². The van der Waals surface area contributed by atoms with E-state index in [-0.39, 0.29) is 0 Å². The Balaban J connectivity index is 1.74. The first-order chi connectivity index (χ1) is 7.79. The molecule has 0 saturated carbocycles. The number of nitrogens with one attached hydrogen (secondary N) is 1. The topological polar surface area (TPSA) is 24.5 Å². The van der Waals surface area contributed by atoms with E-state index in [1.807, 2.05) is 0 Å². The predicted octanol–water partition coefficient (Wildman–Crippen LogP) is 1.73. The van der Waals surface area contributed by atoms with Gasteiger partial charge in [-0.25, -0.2) is 0 Å². The van der Waals surface area contributed by atoms with Crippen LogP contribution < -0.4 is 5.32 Å². The van der Waals surface area contributed by atoms with Crippen LogP contribution in [0.5, 0.6) is 0 Å². The Labute approximate surface area is 101 Å². The van der Waals surface area contributed by atoms with E-state index in [0.717, 1.165) is 45.2 Å². The molecule has 1 N–H and O–H groups in total. The van der Waals surface area contributed by atoms with E-state index in [4.69, 9.17) is 4.74 Å². The standard InChI is InChI=1S/C13H28N2O/c1-13(2)12-14-6-5-10-16-11-9-15-7-3-4-8-15/h13-14H,3-12H2,1-2H3. The molecule has 0 spiro atoms. The fraction of sp³-hybridized carbons (Fsp3) is 1.00. The van der Waals surface area contributed by atoms with Crippen molar-refractivity contribution in [2.45, 2.75) is 33.1 Å². The van der Waals surface area contributed by atoms with E-state index < -0.39 is 0 Å². The molecule has 1 aliphatic heterocycles. The van der Waals surface area contributed by atoms with Crippen molar-refractivity contribution in [1.82, 2.24) is 10.2 Å². The average molecular weight is 228 g/mol. The molecular formula is C13H28N2O. The minimum Gasteiger partial charge on any atom is -0.380 e. The number of nitrogens with zero attached hydrogens (tertiary/aromatic N) is 1. The third-order valence-electron chi connectivity index (χ3n) is 2.95. The van der Waals surface area contributed by atoms with Crippen LogP contribution in [0.4, 0.5) is 0 Å². The maximum absolute atomic E-state index is 5.62. The van der Waals surface area contributed by atoms with Crippen molar-refractivity contribution in [3.05, 3.63) is 0 Å². The Kier molecular flexibility index (Phi) is 7.81. The lowest BCUT2D eigenvalue weighted by molar-refractivity contribution is 0.109. The van der Waals surface area contributed by atoms with Gasteiger partial charge in [0.05, 0.1) is 6.61 Å². The normalized spacial score (nSPS) is 17.4. The molecule has 3 heteroatoms. The number of likely N-dealkylation sites (tertiary alicyclic amines) is 1. The fourth-order valence-corrected chi connectivity index (χ4v) is 1.99. The molecule has 0 atom stereocenters. The van der Waals surface area contributed by atoms with Gasteiger partial charge in [0.15, 0.2) is 0 Å². The first-order valence-corrected chi connectivity index (χ1v) is 6.80. The Hall–Kier alpha value is -0.120. The molecule has 0 aromatic rings. The van der Waals surface area contributed by atoms with Gasteiger partial charge in [-0.1, -0.05) is 13.8 Å². The molecule has 1 saturated heterocycles. The maximum Gasteiger partial charge on any atom is 0.0593 e. The summed E-state index contributed by atoms with van der Waals surface area (Å²) >= 11 is 0. The molecule has 1 rings (SSSR count). The molecule has 0 aliphatic carbocycles. The third-order valence-corrected chi connectivity index (χ3v) is 2.95. The van der Waals surface area contributed by atoms with Gasteiger partial charge in [-0.15, -0.1) is 0 Å². The minimum absolute atomic E-state index is 0.746. The zero-order chi connectivity index (χ0) is 11.6. The van der Waals surface area contributed by atoms with E-state index in [0.29, 0.717) is 0 Å². The lowest BCUT2D eigenvalue weighted by atomic mass is 10.2. The van der Waals surface area contributed by atoms with Crippen LogP contribution in [0.3, 0.4) is 0 Å². The highest BCUT2D eigenvalue weighted by Gasteiger charge is 2.09. The largest absolute Gasteiger partial charge is 0.380 e. The summed E-state index contributed by atoms with van der Waals surface area (Å²) in [7, 11) is 0. The van der Waals surface area contributed by atoms with E-state index in [1.54, 1.807) is 0 Å². The van der Waals surface area contributed by atoms with Crippen molar-refractivity contribution >= 4 is 0 Å². The van der Waals surface area contributed by atoms with Crippen LogP contribution in [0.15, 0.2) is 0 Å². The molecule has 0 aromatic heterocycles. The van der Waals surface area contributed by atoms with Crippen molar-refractivity contribution in [2.24, 2.45) is 5.92 Å². The molecule has 0 amide bonds. The van der Waals surface area contributed by atoms with Crippen LogP contribution in [0.2, 0.25) is 0 Å². The molecule has 16 heavy (non-hydrogen) atoms. The minimum atomic E-state index is 0.746. The monoisotopic (exact) mass is 228 g/mol. The molecule has 0 aromatic carbocycles. The highest BCUT2D eigenvalue weighted by Crippen LogP contribution is 2.05. The van der Waals surface area contributed by atoms with Gasteiger partial charge in [-0.05, 0) is 51.4 Å². The van der Waals surface area contributed by atoms with Crippen LogP contribution in [0.1, 0.15) is 33.1 Å². The predicted molar refractivity (Wildman–Crippen MR) is 68.8 cm³/mol. The number of ether oxygens (including phenoxy) is 1. The highest BCUT2D eigenvalue weighted by atomic mass is 16.5. The van der Waals surface area contributed by atoms with Gasteiger partial charge >= 0.3 is 0 Å². The summed E-state index contributed by atoms with van der Waals surface area (Å²) in [6.45, 7) is 12.2. The lowest BCUT2D eigenvalue weighted by Gasteiger charge is -2.14. The maximum atomic E-state index is 5.62. The average Bonchev–Trinajstić information content (AvgIpc) is 2.74. The molecule has 0 radical (unpaired) electrons. The van der Waals surface area contributed by atoms with Crippen LogP contribution >= 0.6 is 0 Å². The zero-order valence-corrected chi connectivity index (χ0v) is 11.0.